The Morgan fingerprint density at radius 1 is 1.33 bits per heavy atom. The summed E-state index contributed by atoms with van der Waals surface area (Å²) in [6, 6.07) is 0. The van der Waals surface area contributed by atoms with Crippen molar-refractivity contribution >= 4 is 17.6 Å². The van der Waals surface area contributed by atoms with E-state index in [0.717, 1.165) is 19.3 Å². The quantitative estimate of drug-likeness (QED) is 0.512. The molecule has 1 fully saturated rings. The number of carbonyl (C=O) groups excluding carboxylic acids is 1. The average molecular weight is 233 g/mol. The lowest BCUT2D eigenvalue weighted by Gasteiger charge is -2.32. The standard InChI is InChI=1S/C12H21ClO2/c1-8-7-9(13)5-6-10(8)11(14)15-12(2,3)4/h8-10H,5-7H2,1-4H3/t8-,9-,10-/m1/s1. The first-order valence-corrected chi connectivity index (χ1v) is 6.10. The molecular weight excluding hydrogens is 212 g/mol. The zero-order chi connectivity index (χ0) is 11.6. The van der Waals surface area contributed by atoms with Gasteiger partial charge < -0.3 is 4.74 Å². The molecule has 3 atom stereocenters. The molecule has 2 nitrogen and oxygen atoms in total. The van der Waals surface area contributed by atoms with Crippen molar-refractivity contribution in [1.29, 1.82) is 0 Å². The summed E-state index contributed by atoms with van der Waals surface area (Å²) < 4.78 is 5.40. The Labute approximate surface area is 97.3 Å². The zero-order valence-electron chi connectivity index (χ0n) is 10.0. The Kier molecular flexibility index (Phi) is 4.05. The lowest BCUT2D eigenvalue weighted by molar-refractivity contribution is -0.162. The third-order valence-corrected chi connectivity index (χ3v) is 3.21. The van der Waals surface area contributed by atoms with Crippen LogP contribution in [0.1, 0.15) is 47.0 Å². The van der Waals surface area contributed by atoms with Gasteiger partial charge in [0.1, 0.15) is 5.60 Å². The maximum Gasteiger partial charge on any atom is 0.309 e. The van der Waals surface area contributed by atoms with Crippen LogP contribution < -0.4 is 0 Å². The molecule has 1 rings (SSSR count). The molecule has 0 bridgehead atoms. The number of rotatable bonds is 1. The summed E-state index contributed by atoms with van der Waals surface area (Å²) in [6.45, 7) is 7.80. The minimum atomic E-state index is -0.380. The van der Waals surface area contributed by atoms with Crippen LogP contribution in [-0.2, 0) is 9.53 Å². The summed E-state index contributed by atoms with van der Waals surface area (Å²) in [6.07, 6.45) is 2.71. The fourth-order valence-corrected chi connectivity index (χ4v) is 2.47. The SMILES string of the molecule is C[C@@H]1C[C@H](Cl)CC[C@H]1C(=O)OC(C)(C)C. The first-order valence-electron chi connectivity index (χ1n) is 5.66. The number of ether oxygens (including phenoxy) is 1. The van der Waals surface area contributed by atoms with E-state index in [1.54, 1.807) is 0 Å². The first-order chi connectivity index (χ1) is 6.79. The van der Waals surface area contributed by atoms with Crippen LogP contribution >= 0.6 is 11.6 Å². The Morgan fingerprint density at radius 3 is 2.40 bits per heavy atom. The van der Waals surface area contributed by atoms with Gasteiger partial charge in [0.25, 0.3) is 0 Å². The van der Waals surface area contributed by atoms with Gasteiger partial charge in [-0.2, -0.15) is 0 Å². The number of alkyl halides is 1. The summed E-state index contributed by atoms with van der Waals surface area (Å²) in [7, 11) is 0. The van der Waals surface area contributed by atoms with Crippen LogP contribution in [-0.4, -0.2) is 16.9 Å². The Bertz CT molecular complexity index is 232. The third-order valence-electron chi connectivity index (χ3n) is 2.81. The normalized spacial score (nSPS) is 32.5. The number of halogens is 1. The second-order valence-corrected chi connectivity index (χ2v) is 6.14. The van der Waals surface area contributed by atoms with Gasteiger partial charge in [-0.05, 0) is 46.0 Å². The first kappa shape index (κ1) is 12.8. The van der Waals surface area contributed by atoms with Crippen molar-refractivity contribution < 1.29 is 9.53 Å². The number of hydrogen-bond donors (Lipinski definition) is 0. The predicted molar refractivity (Wildman–Crippen MR) is 62.0 cm³/mol. The third kappa shape index (κ3) is 4.02. The van der Waals surface area contributed by atoms with Crippen LogP contribution in [0.25, 0.3) is 0 Å². The van der Waals surface area contributed by atoms with Crippen LogP contribution in [0, 0.1) is 11.8 Å². The highest BCUT2D eigenvalue weighted by Gasteiger charge is 2.34. The van der Waals surface area contributed by atoms with Gasteiger partial charge in [-0.25, -0.2) is 0 Å². The molecule has 0 aliphatic heterocycles. The second kappa shape index (κ2) is 4.73. The molecule has 15 heavy (non-hydrogen) atoms. The van der Waals surface area contributed by atoms with Crippen molar-refractivity contribution in [2.75, 3.05) is 0 Å². The highest BCUT2D eigenvalue weighted by molar-refractivity contribution is 6.20. The van der Waals surface area contributed by atoms with Gasteiger partial charge in [0.2, 0.25) is 0 Å². The van der Waals surface area contributed by atoms with Crippen LogP contribution in [0.2, 0.25) is 0 Å². The van der Waals surface area contributed by atoms with E-state index in [4.69, 9.17) is 16.3 Å². The summed E-state index contributed by atoms with van der Waals surface area (Å²) in [5.41, 5.74) is -0.380. The largest absolute Gasteiger partial charge is 0.460 e. The van der Waals surface area contributed by atoms with E-state index in [0.29, 0.717) is 5.92 Å². The molecular formula is C12H21ClO2. The molecule has 1 saturated carbocycles. The minimum Gasteiger partial charge on any atom is -0.460 e. The summed E-state index contributed by atoms with van der Waals surface area (Å²) in [5.74, 6) is 0.328. The Balaban J connectivity index is 2.53. The van der Waals surface area contributed by atoms with Gasteiger partial charge in [0, 0.05) is 5.38 Å². The minimum absolute atomic E-state index is 0.0409. The topological polar surface area (TPSA) is 26.3 Å². The van der Waals surface area contributed by atoms with Crippen LogP contribution in [0.5, 0.6) is 0 Å². The maximum absolute atomic E-state index is 11.9. The van der Waals surface area contributed by atoms with Crippen LogP contribution in [0.3, 0.4) is 0 Å². The van der Waals surface area contributed by atoms with Gasteiger partial charge in [-0.3, -0.25) is 4.79 Å². The predicted octanol–water partition coefficient (Wildman–Crippen LogP) is 3.37. The number of carbonyl (C=O) groups is 1. The molecule has 0 heterocycles. The molecule has 88 valence electrons. The molecule has 0 aromatic rings. The molecule has 0 unspecified atom stereocenters. The highest BCUT2D eigenvalue weighted by atomic mass is 35.5. The van der Waals surface area contributed by atoms with Crippen LogP contribution in [0.15, 0.2) is 0 Å². The lowest BCUT2D eigenvalue weighted by Crippen LogP contribution is -2.35. The summed E-state index contributed by atoms with van der Waals surface area (Å²) >= 11 is 6.06. The fraction of sp³-hybridized carbons (Fsp3) is 0.917. The summed E-state index contributed by atoms with van der Waals surface area (Å²) in [4.78, 5) is 11.9. The smallest absolute Gasteiger partial charge is 0.309 e. The zero-order valence-corrected chi connectivity index (χ0v) is 10.8. The molecule has 0 N–H and O–H groups in total. The molecule has 0 aromatic carbocycles. The maximum atomic E-state index is 11.9. The van der Waals surface area contributed by atoms with E-state index in [1.807, 2.05) is 20.8 Å². The molecule has 0 saturated heterocycles. The molecule has 0 radical (unpaired) electrons. The molecule has 0 aromatic heterocycles. The van der Waals surface area contributed by atoms with E-state index in [1.165, 1.54) is 0 Å². The van der Waals surface area contributed by atoms with E-state index < -0.39 is 0 Å². The average Bonchev–Trinajstić information content (AvgIpc) is 1.99. The molecule has 0 spiro atoms. The van der Waals surface area contributed by atoms with Crippen molar-refractivity contribution in [2.45, 2.75) is 57.9 Å². The number of esters is 1. The lowest BCUT2D eigenvalue weighted by atomic mass is 9.80. The monoisotopic (exact) mass is 232 g/mol. The Morgan fingerprint density at radius 2 is 1.93 bits per heavy atom. The van der Waals surface area contributed by atoms with Crippen molar-refractivity contribution in [1.82, 2.24) is 0 Å². The van der Waals surface area contributed by atoms with Crippen molar-refractivity contribution in [2.24, 2.45) is 11.8 Å². The van der Waals surface area contributed by atoms with E-state index in [2.05, 4.69) is 6.92 Å². The molecule has 0 amide bonds. The Hall–Kier alpha value is -0.240. The molecule has 1 aliphatic rings. The van der Waals surface area contributed by atoms with Gasteiger partial charge in [0.15, 0.2) is 0 Å². The van der Waals surface area contributed by atoms with E-state index in [-0.39, 0.29) is 22.9 Å². The molecule has 3 heteroatoms. The molecule has 1 aliphatic carbocycles. The summed E-state index contributed by atoms with van der Waals surface area (Å²) in [5, 5.41) is 0.235. The van der Waals surface area contributed by atoms with Gasteiger partial charge in [0.05, 0.1) is 5.92 Å². The van der Waals surface area contributed by atoms with Gasteiger partial charge in [-0.1, -0.05) is 6.92 Å². The fourth-order valence-electron chi connectivity index (χ4n) is 2.06. The van der Waals surface area contributed by atoms with Crippen molar-refractivity contribution in [3.63, 3.8) is 0 Å². The van der Waals surface area contributed by atoms with Gasteiger partial charge in [-0.15, -0.1) is 11.6 Å². The van der Waals surface area contributed by atoms with Crippen LogP contribution in [0.4, 0.5) is 0 Å². The van der Waals surface area contributed by atoms with Crippen molar-refractivity contribution in [3.8, 4) is 0 Å². The highest BCUT2D eigenvalue weighted by Crippen LogP contribution is 2.34. The number of hydrogen-bond acceptors (Lipinski definition) is 2. The second-order valence-electron chi connectivity index (χ2n) is 5.53. The van der Waals surface area contributed by atoms with E-state index in [9.17, 15) is 4.79 Å². The van der Waals surface area contributed by atoms with E-state index >= 15 is 0 Å². The van der Waals surface area contributed by atoms with Crippen molar-refractivity contribution in [3.05, 3.63) is 0 Å². The van der Waals surface area contributed by atoms with Gasteiger partial charge >= 0.3 is 5.97 Å².